The number of nitrogens with one attached hydrogen (secondary N) is 2. The fraction of sp³-hybridized carbons (Fsp3) is 0.118. The van der Waals surface area contributed by atoms with Crippen LogP contribution in [-0.4, -0.2) is 28.9 Å². The summed E-state index contributed by atoms with van der Waals surface area (Å²) in [5.41, 5.74) is -1.30. The smallest absolute Gasteiger partial charge is 0.405 e. The van der Waals surface area contributed by atoms with E-state index in [1.54, 1.807) is 0 Å². The van der Waals surface area contributed by atoms with Crippen LogP contribution in [0.2, 0.25) is 5.02 Å². The van der Waals surface area contributed by atoms with E-state index in [0.717, 1.165) is 18.2 Å². The first kappa shape index (κ1) is 20.8. The minimum Gasteiger partial charge on any atom is -0.465 e. The minimum absolute atomic E-state index is 0.125. The highest BCUT2D eigenvalue weighted by Gasteiger charge is 2.26. The number of rotatable bonds is 5. The first-order valence-corrected chi connectivity index (χ1v) is 8.57. The average molecular weight is 462 g/mol. The molecule has 2 aromatic rings. The Bertz CT molecular complexity index is 919. The van der Waals surface area contributed by atoms with Gasteiger partial charge < -0.3 is 15.7 Å². The molecule has 0 saturated carbocycles. The van der Waals surface area contributed by atoms with E-state index in [1.807, 2.05) is 5.32 Å². The quantitative estimate of drug-likeness (QED) is 0.582. The van der Waals surface area contributed by atoms with E-state index >= 15 is 0 Å². The van der Waals surface area contributed by atoms with Crippen LogP contribution in [0.1, 0.15) is 22.8 Å². The highest BCUT2D eigenvalue weighted by atomic mass is 79.9. The molecule has 0 radical (unpaired) electrons. The van der Waals surface area contributed by atoms with Crippen LogP contribution in [-0.2, 0) is 4.79 Å². The zero-order chi connectivity index (χ0) is 20.3. The summed E-state index contributed by atoms with van der Waals surface area (Å²) < 4.78 is 28.3. The molecular formula is C17H12BrClF2N2O4. The molecule has 2 rings (SSSR count). The topological polar surface area (TPSA) is 95.5 Å². The van der Waals surface area contributed by atoms with Gasteiger partial charge in [-0.15, -0.1) is 0 Å². The van der Waals surface area contributed by atoms with Gasteiger partial charge in [-0.05, 0) is 47.1 Å². The second kappa shape index (κ2) is 8.45. The Morgan fingerprint density at radius 3 is 2.26 bits per heavy atom. The van der Waals surface area contributed by atoms with Gasteiger partial charge in [0.15, 0.2) is 0 Å². The van der Waals surface area contributed by atoms with Crippen LogP contribution in [0.25, 0.3) is 0 Å². The zero-order valence-electron chi connectivity index (χ0n) is 13.6. The molecule has 0 saturated heterocycles. The maximum Gasteiger partial charge on any atom is 0.405 e. The molecule has 0 aromatic heterocycles. The molecule has 0 aliphatic carbocycles. The van der Waals surface area contributed by atoms with Gasteiger partial charge in [-0.25, -0.2) is 13.6 Å². The van der Waals surface area contributed by atoms with Gasteiger partial charge in [0.1, 0.15) is 17.7 Å². The third kappa shape index (κ3) is 4.61. The largest absolute Gasteiger partial charge is 0.465 e. The predicted molar refractivity (Wildman–Crippen MR) is 98.2 cm³/mol. The third-order valence-corrected chi connectivity index (χ3v) is 4.78. The van der Waals surface area contributed by atoms with Crippen LogP contribution in [0.5, 0.6) is 0 Å². The Morgan fingerprint density at radius 1 is 1.11 bits per heavy atom. The summed E-state index contributed by atoms with van der Waals surface area (Å²) in [6.07, 6.45) is -1.42. The van der Waals surface area contributed by atoms with E-state index < -0.39 is 41.0 Å². The summed E-state index contributed by atoms with van der Waals surface area (Å²) in [4.78, 5) is 35.5. The fourth-order valence-electron chi connectivity index (χ4n) is 2.21. The fourth-order valence-corrected chi connectivity index (χ4v) is 2.79. The Labute approximate surface area is 165 Å². The molecule has 0 aliphatic rings. The Balaban J connectivity index is 2.50. The number of anilines is 1. The van der Waals surface area contributed by atoms with Crippen molar-refractivity contribution in [3.05, 3.63) is 62.6 Å². The lowest BCUT2D eigenvalue weighted by Crippen LogP contribution is -2.41. The lowest BCUT2D eigenvalue weighted by Gasteiger charge is -2.16. The van der Waals surface area contributed by atoms with Gasteiger partial charge in [0.25, 0.3) is 0 Å². The maximum atomic E-state index is 14.0. The van der Waals surface area contributed by atoms with Crippen LogP contribution >= 0.6 is 27.5 Å². The van der Waals surface area contributed by atoms with E-state index in [2.05, 4.69) is 21.2 Å². The van der Waals surface area contributed by atoms with Crippen molar-refractivity contribution in [1.29, 1.82) is 0 Å². The van der Waals surface area contributed by atoms with Crippen molar-refractivity contribution in [3.63, 3.8) is 0 Å². The number of carbonyl (C=O) groups excluding carboxylic acids is 2. The second-order valence-corrected chi connectivity index (χ2v) is 6.60. The maximum absolute atomic E-state index is 14.0. The Kier molecular flexibility index (Phi) is 6.50. The van der Waals surface area contributed by atoms with Gasteiger partial charge in [0.2, 0.25) is 11.7 Å². The normalized spacial score (nSPS) is 11.6. The van der Waals surface area contributed by atoms with E-state index in [-0.39, 0.29) is 20.7 Å². The predicted octanol–water partition coefficient (Wildman–Crippen LogP) is 4.21. The van der Waals surface area contributed by atoms with Crippen molar-refractivity contribution >= 4 is 51.0 Å². The van der Waals surface area contributed by atoms with Gasteiger partial charge >= 0.3 is 6.09 Å². The Hall–Kier alpha value is -2.52. The van der Waals surface area contributed by atoms with Crippen molar-refractivity contribution < 1.29 is 28.3 Å². The van der Waals surface area contributed by atoms with Gasteiger partial charge in [0, 0.05) is 4.47 Å². The molecule has 6 nitrogen and oxygen atoms in total. The molecule has 0 heterocycles. The number of amides is 2. The molecule has 1 atom stereocenters. The first-order chi connectivity index (χ1) is 12.6. The van der Waals surface area contributed by atoms with Gasteiger partial charge in [-0.1, -0.05) is 17.7 Å². The molecule has 2 aromatic carbocycles. The van der Waals surface area contributed by atoms with Crippen molar-refractivity contribution in [1.82, 2.24) is 5.32 Å². The third-order valence-electron chi connectivity index (χ3n) is 3.50. The highest BCUT2D eigenvalue weighted by Crippen LogP contribution is 2.34. The summed E-state index contributed by atoms with van der Waals surface area (Å²) in [5.74, 6) is -4.05. The van der Waals surface area contributed by atoms with Gasteiger partial charge in [0.05, 0.1) is 21.8 Å². The monoisotopic (exact) mass is 460 g/mol. The number of hydrogen-bond acceptors (Lipinski definition) is 3. The molecule has 0 aliphatic heterocycles. The van der Waals surface area contributed by atoms with Crippen LogP contribution in [0, 0.1) is 11.6 Å². The number of ketones is 1. The van der Waals surface area contributed by atoms with E-state index in [9.17, 15) is 23.2 Å². The number of carbonyl (C=O) groups is 3. The van der Waals surface area contributed by atoms with Crippen molar-refractivity contribution in [2.24, 2.45) is 0 Å². The number of halogens is 4. The van der Waals surface area contributed by atoms with Crippen LogP contribution in [0.3, 0.4) is 0 Å². The molecule has 0 bridgehead atoms. The molecule has 0 spiro atoms. The lowest BCUT2D eigenvalue weighted by molar-refractivity contribution is -0.117. The molecule has 2 amide bonds. The van der Waals surface area contributed by atoms with Crippen molar-refractivity contribution in [2.75, 3.05) is 5.32 Å². The van der Waals surface area contributed by atoms with E-state index in [0.29, 0.717) is 0 Å². The first-order valence-electron chi connectivity index (χ1n) is 7.40. The molecule has 142 valence electrons. The summed E-state index contributed by atoms with van der Waals surface area (Å²) in [6, 6.07) is 4.50. The summed E-state index contributed by atoms with van der Waals surface area (Å²) in [7, 11) is 0. The van der Waals surface area contributed by atoms with Gasteiger partial charge in [-0.3, -0.25) is 9.59 Å². The number of hydrogen-bond donors (Lipinski definition) is 3. The molecule has 0 unspecified atom stereocenters. The van der Waals surface area contributed by atoms with E-state index in [4.69, 9.17) is 16.7 Å². The summed E-state index contributed by atoms with van der Waals surface area (Å²) >= 11 is 9.23. The van der Waals surface area contributed by atoms with Crippen molar-refractivity contribution in [3.8, 4) is 0 Å². The summed E-state index contributed by atoms with van der Waals surface area (Å²) in [5, 5.41) is 12.8. The standard InChI is InChI=1S/C17H12BrClF2N2O4/c1-7(22-17(26)27)16(25)23-11-6-5-8(18)14(19)13(11)15(24)12-9(20)3-2-4-10(12)21/h2-7,22H,1H3,(H,23,25)(H,26,27)/t7-/m0/s1. The molecule has 27 heavy (non-hydrogen) atoms. The average Bonchev–Trinajstić information content (AvgIpc) is 2.57. The summed E-state index contributed by atoms with van der Waals surface area (Å²) in [6.45, 7) is 1.28. The highest BCUT2D eigenvalue weighted by molar-refractivity contribution is 9.10. The second-order valence-electron chi connectivity index (χ2n) is 5.37. The number of carboxylic acid groups (broad SMARTS) is 1. The molecule has 0 fully saturated rings. The molecule has 10 heteroatoms. The zero-order valence-corrected chi connectivity index (χ0v) is 16.0. The minimum atomic E-state index is -1.42. The van der Waals surface area contributed by atoms with Crippen LogP contribution < -0.4 is 10.6 Å². The van der Waals surface area contributed by atoms with Gasteiger partial charge in [-0.2, -0.15) is 0 Å². The Morgan fingerprint density at radius 2 is 1.70 bits per heavy atom. The van der Waals surface area contributed by atoms with Crippen LogP contribution in [0.15, 0.2) is 34.8 Å². The SMILES string of the molecule is C[C@H](NC(=O)O)C(=O)Nc1ccc(Br)c(Cl)c1C(=O)c1c(F)cccc1F. The van der Waals surface area contributed by atoms with Crippen molar-refractivity contribution in [2.45, 2.75) is 13.0 Å². The van der Waals surface area contributed by atoms with E-state index in [1.165, 1.54) is 19.1 Å². The number of benzene rings is 2. The van der Waals surface area contributed by atoms with Crippen LogP contribution in [0.4, 0.5) is 19.3 Å². The molecular weight excluding hydrogens is 450 g/mol. The lowest BCUT2D eigenvalue weighted by atomic mass is 10.00. The molecule has 3 N–H and O–H groups in total.